The first-order valence-corrected chi connectivity index (χ1v) is 11.9. The van der Waals surface area contributed by atoms with Crippen LogP contribution in [0, 0.1) is 11.8 Å². The van der Waals surface area contributed by atoms with Crippen molar-refractivity contribution in [2.45, 2.75) is 83.0 Å². The van der Waals surface area contributed by atoms with Crippen molar-refractivity contribution in [2.75, 3.05) is 6.54 Å². The number of hydrogen-bond donors (Lipinski definition) is 2. The molecule has 1 aromatic rings. The van der Waals surface area contributed by atoms with Gasteiger partial charge in [-0.25, -0.2) is 4.79 Å². The van der Waals surface area contributed by atoms with Crippen molar-refractivity contribution >= 4 is 18.1 Å². The van der Waals surface area contributed by atoms with E-state index in [0.717, 1.165) is 19.4 Å². The van der Waals surface area contributed by atoms with Gasteiger partial charge in [0.05, 0.1) is 12.8 Å². The minimum absolute atomic E-state index is 0.111. The number of benzene rings is 1. The van der Waals surface area contributed by atoms with Gasteiger partial charge < -0.3 is 24.6 Å². The van der Waals surface area contributed by atoms with Crippen LogP contribution in [-0.4, -0.2) is 42.1 Å². The fraction of sp³-hybridized carbons (Fsp3) is 0.640. The van der Waals surface area contributed by atoms with Crippen LogP contribution in [0.15, 0.2) is 18.2 Å². The van der Waals surface area contributed by atoms with Crippen molar-refractivity contribution in [1.82, 2.24) is 5.32 Å². The molecule has 1 saturated carbocycles. The molecule has 33 heavy (non-hydrogen) atoms. The van der Waals surface area contributed by atoms with Gasteiger partial charge in [0.15, 0.2) is 0 Å². The molecule has 2 aliphatic carbocycles. The summed E-state index contributed by atoms with van der Waals surface area (Å²) in [7, 11) is 0. The van der Waals surface area contributed by atoms with Crippen LogP contribution < -0.4 is 10.1 Å². The van der Waals surface area contributed by atoms with E-state index in [1.54, 1.807) is 0 Å². The van der Waals surface area contributed by atoms with Crippen LogP contribution in [-0.2, 0) is 30.9 Å². The molecule has 2 N–H and O–H groups in total. The molecule has 1 aromatic carbocycles. The van der Waals surface area contributed by atoms with Gasteiger partial charge in [0.25, 0.3) is 0 Å². The fourth-order valence-corrected chi connectivity index (χ4v) is 5.95. The highest BCUT2D eigenvalue weighted by molar-refractivity contribution is 5.83. The van der Waals surface area contributed by atoms with E-state index in [2.05, 4.69) is 22.2 Å². The van der Waals surface area contributed by atoms with E-state index in [9.17, 15) is 14.4 Å². The Kier molecular flexibility index (Phi) is 6.93. The summed E-state index contributed by atoms with van der Waals surface area (Å²) in [5.41, 5.74) is 2.98. The van der Waals surface area contributed by atoms with E-state index in [4.69, 9.17) is 14.6 Å². The van der Waals surface area contributed by atoms with Crippen molar-refractivity contribution in [3.05, 3.63) is 29.3 Å². The van der Waals surface area contributed by atoms with Crippen molar-refractivity contribution in [3.8, 4) is 5.75 Å². The van der Waals surface area contributed by atoms with Gasteiger partial charge in [-0.3, -0.25) is 9.59 Å². The summed E-state index contributed by atoms with van der Waals surface area (Å²) in [4.78, 5) is 34.0. The molecule has 2 bridgehead atoms. The zero-order valence-corrected chi connectivity index (χ0v) is 19.3. The van der Waals surface area contributed by atoms with E-state index in [0.29, 0.717) is 17.7 Å². The van der Waals surface area contributed by atoms with E-state index < -0.39 is 24.4 Å². The number of ether oxygens (including phenoxy) is 3. The first-order valence-electron chi connectivity index (χ1n) is 11.9. The third-order valence-electron chi connectivity index (χ3n) is 7.40. The second-order valence-corrected chi connectivity index (χ2v) is 9.80. The molecule has 2 fully saturated rings. The van der Waals surface area contributed by atoms with Crippen molar-refractivity contribution < 1.29 is 33.7 Å². The number of fused-ring (bicyclic) bond motifs is 1. The summed E-state index contributed by atoms with van der Waals surface area (Å²) in [6, 6.07) is 6.80. The fourth-order valence-electron chi connectivity index (χ4n) is 5.95. The number of piperidine rings is 1. The lowest BCUT2D eigenvalue weighted by atomic mass is 9.53. The minimum atomic E-state index is -1.69. The highest BCUT2D eigenvalue weighted by Gasteiger charge is 2.51. The highest BCUT2D eigenvalue weighted by Crippen LogP contribution is 2.54. The number of nitrogens with one attached hydrogen (secondary N) is 1. The lowest BCUT2D eigenvalue weighted by Gasteiger charge is -2.56. The maximum atomic E-state index is 12.2. The average molecular weight is 460 g/mol. The van der Waals surface area contributed by atoms with E-state index in [-0.39, 0.29) is 24.2 Å². The molecule has 1 aliphatic heterocycles. The first-order chi connectivity index (χ1) is 15.8. The number of hydrogen-bond acceptors (Lipinski definition) is 7. The van der Waals surface area contributed by atoms with Crippen LogP contribution in [0.3, 0.4) is 0 Å². The molecule has 4 rings (SSSR count). The minimum Gasteiger partial charge on any atom is -0.454 e. The lowest BCUT2D eigenvalue weighted by molar-refractivity contribution is -0.171. The van der Waals surface area contributed by atoms with Crippen LogP contribution in [0.4, 0.5) is 4.79 Å². The Morgan fingerprint density at radius 1 is 1.15 bits per heavy atom. The van der Waals surface area contributed by atoms with E-state index >= 15 is 0 Å². The predicted molar refractivity (Wildman–Crippen MR) is 119 cm³/mol. The Hall–Kier alpha value is -2.61. The zero-order chi connectivity index (χ0) is 23.6. The molecule has 4 atom stereocenters. The Balaban J connectivity index is 1.46. The Labute approximate surface area is 194 Å². The van der Waals surface area contributed by atoms with Gasteiger partial charge in [-0.15, -0.1) is 0 Å². The van der Waals surface area contributed by atoms with Crippen LogP contribution in [0.2, 0.25) is 0 Å². The molecule has 180 valence electrons. The lowest BCUT2D eigenvalue weighted by Crippen LogP contribution is -2.59. The monoisotopic (exact) mass is 459 g/mol. The molecule has 8 heteroatoms. The number of carboxylic acid groups (broad SMARTS) is 1. The third-order valence-corrected chi connectivity index (χ3v) is 7.40. The molecule has 0 amide bonds. The normalized spacial score (nSPS) is 26.5. The van der Waals surface area contributed by atoms with Crippen LogP contribution in [0.5, 0.6) is 5.75 Å². The molecule has 3 aliphatic rings. The maximum absolute atomic E-state index is 12.2. The average Bonchev–Trinajstić information content (AvgIpc) is 2.77. The molecule has 0 spiro atoms. The summed E-state index contributed by atoms with van der Waals surface area (Å²) in [6.45, 7) is 4.83. The van der Waals surface area contributed by atoms with Crippen LogP contribution >= 0.6 is 0 Å². The smallest absolute Gasteiger partial charge is 0.454 e. The standard InChI is InChI=1S/C25H33NO7/c1-15(2)23(32-21(27)8-9-22(28)33-24(29)30)31-17-7-6-16-13-20-18-5-3-4-10-25(18,11-12-26-20)19(16)14-17/h6-7,14-15,18,20,23,26H,3-5,8-13H2,1-2H3,(H,29,30)/t18-,20+,23?,25+/m0/s1. The summed E-state index contributed by atoms with van der Waals surface area (Å²) in [5.74, 6) is -0.396. The largest absolute Gasteiger partial charge is 0.513 e. The Morgan fingerprint density at radius 2 is 1.94 bits per heavy atom. The van der Waals surface area contributed by atoms with Gasteiger partial charge in [-0.2, -0.15) is 0 Å². The molecule has 0 radical (unpaired) electrons. The van der Waals surface area contributed by atoms with E-state index in [1.165, 1.54) is 36.8 Å². The molecule has 1 unspecified atom stereocenters. The second-order valence-electron chi connectivity index (χ2n) is 9.80. The van der Waals surface area contributed by atoms with Crippen LogP contribution in [0.25, 0.3) is 0 Å². The van der Waals surface area contributed by atoms with Crippen LogP contribution in [0.1, 0.15) is 69.9 Å². The summed E-state index contributed by atoms with van der Waals surface area (Å²) in [5, 5.41) is 12.2. The molecular formula is C25H33NO7. The SMILES string of the molecule is CC(C)C(OC(=O)CCC(=O)OC(=O)O)Oc1ccc2c(c1)[C@@]13CCCC[C@H]1[C@@H](C2)NCC3. The number of carbonyl (C=O) groups excluding carboxylic acids is 2. The van der Waals surface area contributed by atoms with Gasteiger partial charge in [0.2, 0.25) is 6.29 Å². The van der Waals surface area contributed by atoms with Gasteiger partial charge in [-0.05, 0) is 61.4 Å². The van der Waals surface area contributed by atoms with Crippen molar-refractivity contribution in [1.29, 1.82) is 0 Å². The number of rotatable bonds is 7. The first kappa shape index (κ1) is 23.5. The molecule has 1 heterocycles. The van der Waals surface area contributed by atoms with Gasteiger partial charge in [-0.1, -0.05) is 32.8 Å². The third kappa shape index (κ3) is 5.00. The summed E-state index contributed by atoms with van der Waals surface area (Å²) < 4.78 is 15.6. The molecule has 0 aromatic heterocycles. The number of esters is 2. The summed E-state index contributed by atoms with van der Waals surface area (Å²) in [6.07, 6.45) is 4.05. The predicted octanol–water partition coefficient (Wildman–Crippen LogP) is 3.94. The molecule has 8 nitrogen and oxygen atoms in total. The van der Waals surface area contributed by atoms with Crippen molar-refractivity contribution in [2.24, 2.45) is 11.8 Å². The van der Waals surface area contributed by atoms with E-state index in [1.807, 2.05) is 19.9 Å². The van der Waals surface area contributed by atoms with Crippen molar-refractivity contribution in [3.63, 3.8) is 0 Å². The second kappa shape index (κ2) is 9.71. The Morgan fingerprint density at radius 3 is 2.70 bits per heavy atom. The summed E-state index contributed by atoms with van der Waals surface area (Å²) >= 11 is 0. The quantitative estimate of drug-likeness (QED) is 0.358. The molecule has 1 saturated heterocycles. The topological polar surface area (TPSA) is 111 Å². The highest BCUT2D eigenvalue weighted by atomic mass is 16.7. The van der Waals surface area contributed by atoms with Gasteiger partial charge in [0.1, 0.15) is 5.75 Å². The maximum Gasteiger partial charge on any atom is 0.513 e. The Bertz CT molecular complexity index is 910. The number of carbonyl (C=O) groups is 3. The van der Waals surface area contributed by atoms with Gasteiger partial charge >= 0.3 is 18.1 Å². The van der Waals surface area contributed by atoms with Gasteiger partial charge in [0, 0.05) is 17.4 Å². The molecular weight excluding hydrogens is 426 g/mol. The zero-order valence-electron chi connectivity index (χ0n) is 19.3.